The molecular weight excluding hydrogens is 472 g/mol. The van der Waals surface area contributed by atoms with E-state index in [0.717, 1.165) is 0 Å². The largest absolute Gasteiger partial charge is 0.504 e. The predicted octanol–water partition coefficient (Wildman–Crippen LogP) is 2.24. The van der Waals surface area contributed by atoms with Gasteiger partial charge >= 0.3 is 5.97 Å². The third kappa shape index (κ3) is 3.95. The van der Waals surface area contributed by atoms with Crippen LogP contribution in [0, 0.1) is 0 Å². The molecule has 1 unspecified atom stereocenters. The summed E-state index contributed by atoms with van der Waals surface area (Å²) < 4.78 is 23.4. The molecule has 0 aliphatic carbocycles. The van der Waals surface area contributed by atoms with Crippen molar-refractivity contribution in [2.24, 2.45) is 4.99 Å². The molecule has 35 heavy (non-hydrogen) atoms. The second-order valence-corrected chi connectivity index (χ2v) is 8.86. The molecule has 2 aromatic carbocycles. The number of fused-ring (bicyclic) bond motifs is 2. The highest BCUT2D eigenvalue weighted by atomic mass is 32.1. The van der Waals surface area contributed by atoms with Crippen molar-refractivity contribution >= 4 is 23.4 Å². The molecule has 1 aromatic heterocycles. The molecule has 0 fully saturated rings. The van der Waals surface area contributed by atoms with Crippen LogP contribution in [0.15, 0.2) is 57.5 Å². The Labute approximate surface area is 203 Å². The zero-order valence-corrected chi connectivity index (χ0v) is 20.0. The number of carbonyl (C=O) groups is 1. The van der Waals surface area contributed by atoms with Crippen LogP contribution in [0.1, 0.15) is 31.0 Å². The van der Waals surface area contributed by atoms with Crippen LogP contribution < -0.4 is 29.1 Å². The van der Waals surface area contributed by atoms with Gasteiger partial charge in [0, 0.05) is 0 Å². The van der Waals surface area contributed by atoms with Gasteiger partial charge in [-0.25, -0.2) is 9.79 Å². The maximum Gasteiger partial charge on any atom is 0.338 e. The summed E-state index contributed by atoms with van der Waals surface area (Å²) in [6.45, 7) is 3.76. The molecule has 0 radical (unpaired) electrons. The summed E-state index contributed by atoms with van der Waals surface area (Å²) in [7, 11) is 1.46. The van der Waals surface area contributed by atoms with Gasteiger partial charge in [-0.2, -0.15) is 0 Å². The molecular formula is C25H22N2O7S. The molecule has 1 atom stereocenters. The van der Waals surface area contributed by atoms with E-state index >= 15 is 0 Å². The second kappa shape index (κ2) is 8.95. The van der Waals surface area contributed by atoms with Gasteiger partial charge in [0.2, 0.25) is 6.79 Å². The number of carbonyl (C=O) groups excluding carboxylic acids is 1. The van der Waals surface area contributed by atoms with Gasteiger partial charge in [0.05, 0.1) is 35.6 Å². The third-order valence-corrected chi connectivity index (χ3v) is 6.71. The van der Waals surface area contributed by atoms with Crippen molar-refractivity contribution < 1.29 is 28.8 Å². The first kappa shape index (κ1) is 22.7. The standard InChI is InChI=1S/C25H22N2O7S/c1-4-32-24(30)21-13(2)26-25-27(22(21)15-6-8-17-19(11-15)34-12-33-17)23(29)20(35-25)10-14-5-7-16(28)18(9-14)31-3/h5-11,22,28H,4,12H2,1-3H3. The highest BCUT2D eigenvalue weighted by Crippen LogP contribution is 2.38. The zero-order valence-electron chi connectivity index (χ0n) is 19.2. The number of hydrogen-bond donors (Lipinski definition) is 1. The molecule has 3 heterocycles. The predicted molar refractivity (Wildman–Crippen MR) is 128 cm³/mol. The monoisotopic (exact) mass is 494 g/mol. The van der Waals surface area contributed by atoms with Crippen molar-refractivity contribution in [3.8, 4) is 23.0 Å². The number of esters is 1. The number of benzene rings is 2. The topological polar surface area (TPSA) is 109 Å². The van der Waals surface area contributed by atoms with Gasteiger partial charge in [-0.05, 0) is 55.3 Å². The van der Waals surface area contributed by atoms with Crippen LogP contribution in [0.25, 0.3) is 6.08 Å². The molecule has 2 aliphatic heterocycles. The first-order chi connectivity index (χ1) is 16.9. The summed E-state index contributed by atoms with van der Waals surface area (Å²) >= 11 is 1.21. The SMILES string of the molecule is CCOC(=O)C1=C(C)N=c2sc(=Cc3ccc(O)c(OC)c3)c(=O)n2C1c1ccc2c(c1)OCO2. The van der Waals surface area contributed by atoms with Crippen LogP contribution in [0.3, 0.4) is 0 Å². The Morgan fingerprint density at radius 2 is 2.06 bits per heavy atom. The summed E-state index contributed by atoms with van der Waals surface area (Å²) in [6, 6.07) is 9.40. The van der Waals surface area contributed by atoms with Gasteiger partial charge in [0.15, 0.2) is 27.8 Å². The van der Waals surface area contributed by atoms with E-state index in [1.54, 1.807) is 50.3 Å². The van der Waals surface area contributed by atoms with Crippen LogP contribution in [0.5, 0.6) is 23.0 Å². The lowest BCUT2D eigenvalue weighted by atomic mass is 9.95. The lowest BCUT2D eigenvalue weighted by Crippen LogP contribution is -2.39. The fourth-order valence-corrected chi connectivity index (χ4v) is 5.17. The Balaban J connectivity index is 1.71. The Bertz CT molecular complexity index is 1550. The van der Waals surface area contributed by atoms with Crippen molar-refractivity contribution in [1.29, 1.82) is 0 Å². The van der Waals surface area contributed by atoms with E-state index in [1.165, 1.54) is 29.1 Å². The zero-order chi connectivity index (χ0) is 24.7. The average molecular weight is 495 g/mol. The average Bonchev–Trinajstić information content (AvgIpc) is 3.43. The number of phenols is 1. The van der Waals surface area contributed by atoms with E-state index < -0.39 is 12.0 Å². The number of aromatic hydroxyl groups is 1. The van der Waals surface area contributed by atoms with Crippen molar-refractivity contribution in [1.82, 2.24) is 4.57 Å². The number of phenolic OH excluding ortho intramolecular Hbond substituents is 1. The maximum absolute atomic E-state index is 13.7. The highest BCUT2D eigenvalue weighted by molar-refractivity contribution is 7.07. The van der Waals surface area contributed by atoms with Gasteiger partial charge in [-0.1, -0.05) is 23.5 Å². The fourth-order valence-electron chi connectivity index (χ4n) is 4.13. The Hall–Kier alpha value is -4.05. The number of nitrogens with zero attached hydrogens (tertiary/aromatic N) is 2. The van der Waals surface area contributed by atoms with E-state index in [2.05, 4.69) is 4.99 Å². The van der Waals surface area contributed by atoms with E-state index in [1.807, 2.05) is 0 Å². The van der Waals surface area contributed by atoms with Crippen LogP contribution in [-0.4, -0.2) is 36.2 Å². The first-order valence-corrected chi connectivity index (χ1v) is 11.7. The third-order valence-electron chi connectivity index (χ3n) is 5.73. The summed E-state index contributed by atoms with van der Waals surface area (Å²) in [5.74, 6) is 0.905. The van der Waals surface area contributed by atoms with E-state index in [4.69, 9.17) is 18.9 Å². The summed E-state index contributed by atoms with van der Waals surface area (Å²) in [5.41, 5.74) is 1.80. The molecule has 10 heteroatoms. The Morgan fingerprint density at radius 1 is 1.26 bits per heavy atom. The molecule has 0 amide bonds. The maximum atomic E-state index is 13.7. The number of hydrogen-bond acceptors (Lipinski definition) is 9. The molecule has 0 spiro atoms. The number of ether oxygens (including phenoxy) is 4. The summed E-state index contributed by atoms with van der Waals surface area (Å²) in [6.07, 6.45) is 1.70. The molecule has 1 N–H and O–H groups in total. The molecule has 9 nitrogen and oxygen atoms in total. The first-order valence-electron chi connectivity index (χ1n) is 10.9. The summed E-state index contributed by atoms with van der Waals surface area (Å²) in [5, 5.41) is 9.88. The molecule has 180 valence electrons. The van der Waals surface area contributed by atoms with Gasteiger partial charge in [-0.3, -0.25) is 9.36 Å². The molecule has 0 saturated carbocycles. The molecule has 0 bridgehead atoms. The normalized spacial score (nSPS) is 16.7. The Morgan fingerprint density at radius 3 is 2.83 bits per heavy atom. The Kier molecular flexibility index (Phi) is 5.81. The number of allylic oxidation sites excluding steroid dienone is 1. The van der Waals surface area contributed by atoms with Gasteiger partial charge in [0.1, 0.15) is 0 Å². The van der Waals surface area contributed by atoms with E-state index in [9.17, 15) is 14.7 Å². The lowest BCUT2D eigenvalue weighted by Gasteiger charge is -2.24. The van der Waals surface area contributed by atoms with E-state index in [0.29, 0.717) is 43.4 Å². The number of aromatic nitrogens is 1. The van der Waals surface area contributed by atoms with Crippen LogP contribution in [-0.2, 0) is 9.53 Å². The molecule has 2 aliphatic rings. The van der Waals surface area contributed by atoms with Gasteiger partial charge in [-0.15, -0.1) is 0 Å². The fraction of sp³-hybridized carbons (Fsp3) is 0.240. The quantitative estimate of drug-likeness (QED) is 0.542. The number of methoxy groups -OCH3 is 1. The minimum Gasteiger partial charge on any atom is -0.504 e. The van der Waals surface area contributed by atoms with Crippen molar-refractivity contribution in [2.45, 2.75) is 19.9 Å². The lowest BCUT2D eigenvalue weighted by molar-refractivity contribution is -0.139. The molecule has 3 aromatic rings. The van der Waals surface area contributed by atoms with Crippen LogP contribution in [0.4, 0.5) is 0 Å². The summed E-state index contributed by atoms with van der Waals surface area (Å²) in [4.78, 5) is 31.7. The number of thiazole rings is 1. The van der Waals surface area contributed by atoms with Crippen molar-refractivity contribution in [3.05, 3.63) is 78.5 Å². The van der Waals surface area contributed by atoms with Gasteiger partial charge < -0.3 is 24.1 Å². The van der Waals surface area contributed by atoms with Crippen LogP contribution >= 0.6 is 11.3 Å². The van der Waals surface area contributed by atoms with E-state index in [-0.39, 0.29) is 30.3 Å². The van der Waals surface area contributed by atoms with Gasteiger partial charge in [0.25, 0.3) is 5.56 Å². The number of rotatable bonds is 5. The van der Waals surface area contributed by atoms with Crippen molar-refractivity contribution in [3.63, 3.8) is 0 Å². The molecule has 5 rings (SSSR count). The second-order valence-electron chi connectivity index (χ2n) is 7.85. The minimum atomic E-state index is -0.753. The highest BCUT2D eigenvalue weighted by Gasteiger charge is 2.34. The van der Waals surface area contributed by atoms with Crippen molar-refractivity contribution in [2.75, 3.05) is 20.5 Å². The van der Waals surface area contributed by atoms with Crippen LogP contribution in [0.2, 0.25) is 0 Å². The minimum absolute atomic E-state index is 0.00335. The molecule has 0 saturated heterocycles. The smallest absolute Gasteiger partial charge is 0.338 e.